The molecule has 3 rings (SSSR count). The van der Waals surface area contributed by atoms with Crippen LogP contribution < -0.4 is 10.6 Å². The fraction of sp³-hybridized carbons (Fsp3) is 0. The van der Waals surface area contributed by atoms with E-state index in [1.54, 1.807) is 6.08 Å². The number of rotatable bonds is 5. The first kappa shape index (κ1) is 15.4. The zero-order chi connectivity index (χ0) is 15.9. The molecule has 0 N–H and O–H groups in total. The van der Waals surface area contributed by atoms with Crippen LogP contribution in [0, 0.1) is 0 Å². The van der Waals surface area contributed by atoms with E-state index < -0.39 is 7.92 Å². The second-order valence-corrected chi connectivity index (χ2v) is 7.52. The SMILES string of the molecule is O=C(C=C[PH+](c1ccccc1)c1ccccc1)c1ccccc1. The molecule has 0 radical (unpaired) electrons. The van der Waals surface area contributed by atoms with E-state index in [0.29, 0.717) is 0 Å². The van der Waals surface area contributed by atoms with Crippen molar-refractivity contribution in [3.8, 4) is 0 Å². The van der Waals surface area contributed by atoms with Crippen LogP contribution in [-0.4, -0.2) is 5.78 Å². The van der Waals surface area contributed by atoms with E-state index in [4.69, 9.17) is 0 Å². The molecule has 23 heavy (non-hydrogen) atoms. The molecule has 0 bridgehead atoms. The summed E-state index contributed by atoms with van der Waals surface area (Å²) in [7, 11) is -1.10. The molecule has 0 amide bonds. The van der Waals surface area contributed by atoms with Gasteiger partial charge in [0.25, 0.3) is 0 Å². The molecule has 3 aromatic carbocycles. The van der Waals surface area contributed by atoms with Crippen LogP contribution >= 0.6 is 7.92 Å². The van der Waals surface area contributed by atoms with Crippen LogP contribution in [0.2, 0.25) is 0 Å². The standard InChI is InChI=1S/C21H17OP/c22-21(18-10-4-1-5-11-18)16-17-23(19-12-6-2-7-13-19)20-14-8-3-9-15-20/h1-17H/p+1. The zero-order valence-corrected chi connectivity index (χ0v) is 13.7. The van der Waals surface area contributed by atoms with E-state index in [-0.39, 0.29) is 5.78 Å². The summed E-state index contributed by atoms with van der Waals surface area (Å²) in [5, 5.41) is 2.56. The van der Waals surface area contributed by atoms with Gasteiger partial charge in [0.1, 0.15) is 10.6 Å². The van der Waals surface area contributed by atoms with E-state index in [0.717, 1.165) is 5.56 Å². The maximum atomic E-state index is 12.3. The lowest BCUT2D eigenvalue weighted by Gasteiger charge is -2.05. The first-order chi connectivity index (χ1) is 11.3. The molecular formula is C21H18OP+. The van der Waals surface area contributed by atoms with Crippen molar-refractivity contribution in [1.82, 2.24) is 0 Å². The normalized spacial score (nSPS) is 11.0. The lowest BCUT2D eigenvalue weighted by Crippen LogP contribution is -2.09. The molecule has 0 aromatic heterocycles. The quantitative estimate of drug-likeness (QED) is 0.391. The third-order valence-corrected chi connectivity index (χ3v) is 6.04. The summed E-state index contributed by atoms with van der Waals surface area (Å²) in [5.74, 6) is 2.14. The van der Waals surface area contributed by atoms with Gasteiger partial charge >= 0.3 is 0 Å². The predicted molar refractivity (Wildman–Crippen MR) is 100 cm³/mol. The van der Waals surface area contributed by atoms with Gasteiger partial charge in [-0.05, 0) is 24.3 Å². The van der Waals surface area contributed by atoms with Gasteiger partial charge in [0.15, 0.2) is 5.78 Å². The van der Waals surface area contributed by atoms with Crippen molar-refractivity contribution in [1.29, 1.82) is 0 Å². The maximum absolute atomic E-state index is 12.3. The molecule has 0 saturated heterocycles. The Morgan fingerprint density at radius 2 is 1.09 bits per heavy atom. The highest BCUT2D eigenvalue weighted by molar-refractivity contribution is 7.75. The van der Waals surface area contributed by atoms with Gasteiger partial charge < -0.3 is 0 Å². The second kappa shape index (κ2) is 7.67. The molecule has 1 nitrogen and oxygen atoms in total. The molecule has 112 valence electrons. The van der Waals surface area contributed by atoms with Crippen LogP contribution in [0.1, 0.15) is 10.4 Å². The molecule has 3 aromatic rings. The van der Waals surface area contributed by atoms with E-state index >= 15 is 0 Å². The summed E-state index contributed by atoms with van der Waals surface area (Å²) >= 11 is 0. The molecule has 0 heterocycles. The van der Waals surface area contributed by atoms with Gasteiger partial charge in [0, 0.05) is 11.6 Å². The smallest absolute Gasteiger partial charge is 0.189 e. The van der Waals surface area contributed by atoms with Gasteiger partial charge in [0.2, 0.25) is 0 Å². The summed E-state index contributed by atoms with van der Waals surface area (Å²) in [6.07, 6.45) is 1.73. The fourth-order valence-corrected chi connectivity index (χ4v) is 4.59. The van der Waals surface area contributed by atoms with E-state index in [1.165, 1.54) is 10.6 Å². The van der Waals surface area contributed by atoms with Gasteiger partial charge in [-0.2, -0.15) is 0 Å². The van der Waals surface area contributed by atoms with Crippen molar-refractivity contribution in [3.05, 3.63) is 108 Å². The van der Waals surface area contributed by atoms with Crippen molar-refractivity contribution >= 4 is 24.3 Å². The summed E-state index contributed by atoms with van der Waals surface area (Å²) < 4.78 is 0. The Bertz CT molecular complexity index is 740. The van der Waals surface area contributed by atoms with Gasteiger partial charge in [-0.1, -0.05) is 66.7 Å². The zero-order valence-electron chi connectivity index (χ0n) is 12.7. The number of ketones is 1. The Balaban J connectivity index is 1.91. The number of allylic oxidation sites excluding steroid dienone is 1. The van der Waals surface area contributed by atoms with Crippen LogP contribution in [0.15, 0.2) is 103 Å². The molecule has 0 unspecified atom stereocenters. The Kier molecular flexibility index (Phi) is 5.13. The third kappa shape index (κ3) is 4.03. The predicted octanol–water partition coefficient (Wildman–Crippen LogP) is 4.25. The maximum Gasteiger partial charge on any atom is 0.189 e. The van der Waals surface area contributed by atoms with Crippen LogP contribution in [0.4, 0.5) is 0 Å². The van der Waals surface area contributed by atoms with Gasteiger partial charge in [-0.15, -0.1) is 0 Å². The molecule has 0 fully saturated rings. The number of hydrogen-bond acceptors (Lipinski definition) is 1. The first-order valence-electron chi connectivity index (χ1n) is 7.60. The lowest BCUT2D eigenvalue weighted by molar-refractivity contribution is 0.104. The summed E-state index contributed by atoms with van der Waals surface area (Å²) in [6.45, 7) is 0. The van der Waals surface area contributed by atoms with Crippen molar-refractivity contribution in [2.75, 3.05) is 0 Å². The minimum atomic E-state index is -1.10. The molecule has 0 atom stereocenters. The number of hydrogen-bond donors (Lipinski definition) is 0. The van der Waals surface area contributed by atoms with Crippen LogP contribution in [0.25, 0.3) is 0 Å². The molecular weight excluding hydrogens is 299 g/mol. The van der Waals surface area contributed by atoms with Gasteiger partial charge in [0.05, 0.1) is 13.7 Å². The molecule has 0 aliphatic heterocycles. The largest absolute Gasteiger partial charge is 0.289 e. The van der Waals surface area contributed by atoms with Crippen molar-refractivity contribution in [2.24, 2.45) is 0 Å². The topological polar surface area (TPSA) is 17.1 Å². The van der Waals surface area contributed by atoms with Crippen molar-refractivity contribution in [3.63, 3.8) is 0 Å². The van der Waals surface area contributed by atoms with Crippen molar-refractivity contribution in [2.45, 2.75) is 0 Å². The lowest BCUT2D eigenvalue weighted by atomic mass is 10.1. The Hall–Kier alpha value is -2.50. The molecule has 0 spiro atoms. The van der Waals surface area contributed by atoms with E-state index in [9.17, 15) is 4.79 Å². The monoisotopic (exact) mass is 317 g/mol. The number of carbonyl (C=O) groups is 1. The summed E-state index contributed by atoms with van der Waals surface area (Å²) in [6, 6.07) is 30.2. The highest BCUT2D eigenvalue weighted by atomic mass is 31.1. The van der Waals surface area contributed by atoms with E-state index in [2.05, 4.69) is 54.3 Å². The Morgan fingerprint density at radius 3 is 1.57 bits per heavy atom. The molecule has 0 aliphatic carbocycles. The average molecular weight is 317 g/mol. The van der Waals surface area contributed by atoms with Gasteiger partial charge in [-0.25, -0.2) is 0 Å². The van der Waals surface area contributed by atoms with Gasteiger partial charge in [-0.3, -0.25) is 4.79 Å². The highest BCUT2D eigenvalue weighted by Gasteiger charge is 2.19. The third-order valence-electron chi connectivity index (χ3n) is 3.63. The number of benzene rings is 3. The highest BCUT2D eigenvalue weighted by Crippen LogP contribution is 2.35. The second-order valence-electron chi connectivity index (χ2n) is 5.21. The summed E-state index contributed by atoms with van der Waals surface area (Å²) in [5.41, 5.74) is 0.728. The molecule has 0 saturated carbocycles. The Morgan fingerprint density at radius 1 is 0.652 bits per heavy atom. The van der Waals surface area contributed by atoms with Crippen molar-refractivity contribution < 1.29 is 4.79 Å². The first-order valence-corrected chi connectivity index (χ1v) is 9.17. The van der Waals surface area contributed by atoms with Crippen LogP contribution in [0.3, 0.4) is 0 Å². The number of carbonyl (C=O) groups excluding carboxylic acids is 1. The van der Waals surface area contributed by atoms with Crippen LogP contribution in [-0.2, 0) is 0 Å². The Labute approximate surface area is 138 Å². The fourth-order valence-electron chi connectivity index (χ4n) is 2.45. The minimum absolute atomic E-state index is 0.0555. The molecule has 2 heteroatoms. The molecule has 0 aliphatic rings. The minimum Gasteiger partial charge on any atom is -0.289 e. The summed E-state index contributed by atoms with van der Waals surface area (Å²) in [4.78, 5) is 12.3. The van der Waals surface area contributed by atoms with E-state index in [1.807, 2.05) is 42.5 Å². The average Bonchev–Trinajstić information content (AvgIpc) is 2.64. The van der Waals surface area contributed by atoms with Crippen LogP contribution in [0.5, 0.6) is 0 Å².